The van der Waals surface area contributed by atoms with Crippen molar-refractivity contribution in [1.29, 1.82) is 0 Å². The first kappa shape index (κ1) is 22.5. The van der Waals surface area contributed by atoms with Crippen molar-refractivity contribution in [3.8, 4) is 0 Å². The Morgan fingerprint density at radius 3 is 2.15 bits per heavy atom. The third kappa shape index (κ3) is 4.53. The number of nitrogens with zero attached hydrogens (tertiary/aromatic N) is 4. The molecule has 0 N–H and O–H groups in total. The van der Waals surface area contributed by atoms with Gasteiger partial charge in [0.2, 0.25) is 5.96 Å². The molecule has 2 aliphatic rings. The van der Waals surface area contributed by atoms with Crippen LogP contribution < -0.4 is 9.80 Å². The van der Waals surface area contributed by atoms with Crippen LogP contribution in [-0.4, -0.2) is 49.0 Å². The van der Waals surface area contributed by atoms with Gasteiger partial charge in [-0.15, -0.1) is 0 Å². The Balaban J connectivity index is 1.40. The van der Waals surface area contributed by atoms with Gasteiger partial charge in [0.25, 0.3) is 5.91 Å². The minimum atomic E-state index is -0.409. The predicted octanol–water partition coefficient (Wildman–Crippen LogP) is 5.09. The minimum absolute atomic E-state index is 0.0437. The van der Waals surface area contributed by atoms with E-state index in [1.165, 1.54) is 16.8 Å². The summed E-state index contributed by atoms with van der Waals surface area (Å²) in [6.07, 6.45) is 0.606. The van der Waals surface area contributed by atoms with Crippen LogP contribution in [0.2, 0.25) is 5.02 Å². The van der Waals surface area contributed by atoms with E-state index in [1.54, 1.807) is 0 Å². The average molecular weight is 473 g/mol. The lowest BCUT2D eigenvalue weighted by atomic mass is 10.1. The molecule has 2 heterocycles. The maximum Gasteiger partial charge on any atom is 0.259 e. The van der Waals surface area contributed by atoms with Crippen molar-refractivity contribution >= 4 is 34.8 Å². The van der Waals surface area contributed by atoms with Crippen LogP contribution in [0.3, 0.4) is 0 Å². The number of amides is 1. The summed E-state index contributed by atoms with van der Waals surface area (Å²) < 4.78 is 0. The molecule has 0 aliphatic carbocycles. The van der Waals surface area contributed by atoms with Gasteiger partial charge in [-0.2, -0.15) is 0 Å². The van der Waals surface area contributed by atoms with Crippen LogP contribution in [0.15, 0.2) is 77.8 Å². The number of halogens is 1. The summed E-state index contributed by atoms with van der Waals surface area (Å²) >= 11 is 6.06. The maximum atomic E-state index is 13.6. The Bertz CT molecular complexity index is 1200. The van der Waals surface area contributed by atoms with E-state index in [0.29, 0.717) is 6.42 Å². The molecule has 0 bridgehead atoms. The first-order chi connectivity index (χ1) is 16.5. The first-order valence-electron chi connectivity index (χ1n) is 11.8. The summed E-state index contributed by atoms with van der Waals surface area (Å²) in [5, 5.41) is 0.745. The fraction of sp³-hybridized carbons (Fsp3) is 0.286. The smallest absolute Gasteiger partial charge is 0.259 e. The van der Waals surface area contributed by atoms with Gasteiger partial charge in [-0.25, -0.2) is 9.89 Å². The van der Waals surface area contributed by atoms with Crippen LogP contribution in [0.1, 0.15) is 16.7 Å². The van der Waals surface area contributed by atoms with E-state index in [2.05, 4.69) is 60.0 Å². The number of carbonyl (C=O) groups is 1. The van der Waals surface area contributed by atoms with E-state index >= 15 is 0 Å². The van der Waals surface area contributed by atoms with Gasteiger partial charge in [-0.3, -0.25) is 4.79 Å². The number of aliphatic imine (C=N–C) groups is 1. The second kappa shape index (κ2) is 9.51. The molecule has 0 saturated carbocycles. The molecule has 0 aromatic heterocycles. The molecule has 34 heavy (non-hydrogen) atoms. The summed E-state index contributed by atoms with van der Waals surface area (Å²) in [6, 6.07) is 23.9. The Kier molecular flexibility index (Phi) is 6.29. The quantitative estimate of drug-likeness (QED) is 0.530. The molecule has 1 unspecified atom stereocenters. The number of hydrogen-bond donors (Lipinski definition) is 0. The molecule has 3 aromatic carbocycles. The molecule has 3 aromatic rings. The molecule has 0 radical (unpaired) electrons. The maximum absolute atomic E-state index is 13.6. The lowest BCUT2D eigenvalue weighted by Gasteiger charge is -2.38. The van der Waals surface area contributed by atoms with Crippen molar-refractivity contribution in [2.45, 2.75) is 26.3 Å². The summed E-state index contributed by atoms with van der Waals surface area (Å²) in [5.74, 6) is 0.812. The number of carbonyl (C=O) groups excluding carboxylic acids is 1. The normalized spacial score (nSPS) is 18.4. The molecule has 5 rings (SSSR count). The number of rotatable bonds is 4. The van der Waals surface area contributed by atoms with Gasteiger partial charge in [0, 0.05) is 43.3 Å². The molecule has 2 aliphatic heterocycles. The Morgan fingerprint density at radius 2 is 1.47 bits per heavy atom. The fourth-order valence-electron chi connectivity index (χ4n) is 4.62. The molecule has 1 saturated heterocycles. The Labute approximate surface area is 206 Å². The predicted molar refractivity (Wildman–Crippen MR) is 140 cm³/mol. The van der Waals surface area contributed by atoms with Crippen LogP contribution in [0, 0.1) is 13.8 Å². The molecule has 1 fully saturated rings. The second-order valence-corrected chi connectivity index (χ2v) is 9.46. The highest BCUT2D eigenvalue weighted by Crippen LogP contribution is 2.28. The lowest BCUT2D eigenvalue weighted by molar-refractivity contribution is -0.118. The standard InChI is InChI=1S/C28H29ClN4O/c1-20-8-11-25(18-21(20)2)33-27(34)26(19-22-6-4-3-5-7-22)30-28(33)32-16-14-31(15-17-32)24-12-9-23(29)10-13-24/h3-13,18,26H,14-17,19H2,1-2H3. The highest BCUT2D eigenvalue weighted by atomic mass is 35.5. The molecule has 0 spiro atoms. The van der Waals surface area contributed by atoms with Gasteiger partial charge in [0.05, 0.1) is 5.69 Å². The van der Waals surface area contributed by atoms with E-state index in [9.17, 15) is 4.79 Å². The molecular formula is C28H29ClN4O. The van der Waals surface area contributed by atoms with Gasteiger partial charge in [0.15, 0.2) is 0 Å². The van der Waals surface area contributed by atoms with Gasteiger partial charge in [0.1, 0.15) is 6.04 Å². The largest absolute Gasteiger partial charge is 0.368 e. The monoisotopic (exact) mass is 472 g/mol. The number of aryl methyl sites for hydroxylation is 2. The zero-order valence-electron chi connectivity index (χ0n) is 19.6. The minimum Gasteiger partial charge on any atom is -0.368 e. The van der Waals surface area contributed by atoms with Crippen molar-refractivity contribution < 1.29 is 4.79 Å². The Morgan fingerprint density at radius 1 is 0.824 bits per heavy atom. The van der Waals surface area contributed by atoms with Gasteiger partial charge in [-0.1, -0.05) is 48.0 Å². The SMILES string of the molecule is Cc1ccc(N2C(=O)C(Cc3ccccc3)N=C2N2CCN(c3ccc(Cl)cc3)CC2)cc1C. The summed E-state index contributed by atoms with van der Waals surface area (Å²) in [7, 11) is 0. The number of hydrogen-bond acceptors (Lipinski definition) is 4. The highest BCUT2D eigenvalue weighted by molar-refractivity contribution is 6.30. The summed E-state index contributed by atoms with van der Waals surface area (Å²) in [6.45, 7) is 7.50. The molecular weight excluding hydrogens is 444 g/mol. The van der Waals surface area contributed by atoms with Crippen molar-refractivity contribution in [2.24, 2.45) is 4.99 Å². The van der Waals surface area contributed by atoms with Crippen molar-refractivity contribution in [3.63, 3.8) is 0 Å². The topological polar surface area (TPSA) is 39.2 Å². The van der Waals surface area contributed by atoms with E-state index in [-0.39, 0.29) is 5.91 Å². The van der Waals surface area contributed by atoms with Crippen molar-refractivity contribution in [2.75, 3.05) is 36.0 Å². The van der Waals surface area contributed by atoms with E-state index in [4.69, 9.17) is 16.6 Å². The van der Waals surface area contributed by atoms with Crippen LogP contribution in [0.25, 0.3) is 0 Å². The van der Waals surface area contributed by atoms with Crippen molar-refractivity contribution in [3.05, 3.63) is 94.5 Å². The number of anilines is 2. The van der Waals surface area contributed by atoms with E-state index in [1.807, 2.05) is 41.3 Å². The first-order valence-corrected chi connectivity index (χ1v) is 12.2. The van der Waals surface area contributed by atoms with Gasteiger partial charge >= 0.3 is 0 Å². The average Bonchev–Trinajstić information content (AvgIpc) is 3.18. The van der Waals surface area contributed by atoms with Crippen molar-refractivity contribution in [1.82, 2.24) is 4.90 Å². The molecule has 1 atom stereocenters. The summed E-state index contributed by atoms with van der Waals surface area (Å²) in [4.78, 5) is 25.1. The number of guanidine groups is 1. The number of benzene rings is 3. The Hall–Kier alpha value is -3.31. The zero-order valence-corrected chi connectivity index (χ0v) is 20.4. The molecule has 5 nitrogen and oxygen atoms in total. The molecule has 6 heteroatoms. The lowest BCUT2D eigenvalue weighted by Crippen LogP contribution is -2.53. The fourth-order valence-corrected chi connectivity index (χ4v) is 4.74. The van der Waals surface area contributed by atoms with E-state index < -0.39 is 6.04 Å². The van der Waals surface area contributed by atoms with Gasteiger partial charge in [-0.05, 0) is 66.9 Å². The molecule has 174 valence electrons. The van der Waals surface area contributed by atoms with Crippen LogP contribution >= 0.6 is 11.6 Å². The van der Waals surface area contributed by atoms with E-state index in [0.717, 1.165) is 48.4 Å². The molecule has 1 amide bonds. The second-order valence-electron chi connectivity index (χ2n) is 9.03. The zero-order chi connectivity index (χ0) is 23.7. The number of piperazine rings is 1. The van der Waals surface area contributed by atoms with Gasteiger partial charge < -0.3 is 9.80 Å². The summed E-state index contributed by atoms with van der Waals surface area (Å²) in [5.41, 5.74) is 5.57. The third-order valence-electron chi connectivity index (χ3n) is 6.75. The van der Waals surface area contributed by atoms with Crippen LogP contribution in [0.5, 0.6) is 0 Å². The van der Waals surface area contributed by atoms with Crippen LogP contribution in [0.4, 0.5) is 11.4 Å². The third-order valence-corrected chi connectivity index (χ3v) is 7.00. The van der Waals surface area contributed by atoms with Crippen LogP contribution in [-0.2, 0) is 11.2 Å². The highest BCUT2D eigenvalue weighted by Gasteiger charge is 2.39.